The fourth-order valence-corrected chi connectivity index (χ4v) is 3.71. The van der Waals surface area contributed by atoms with Crippen LogP contribution < -0.4 is 5.14 Å². The van der Waals surface area contributed by atoms with Crippen LogP contribution in [0.3, 0.4) is 0 Å². The van der Waals surface area contributed by atoms with Gasteiger partial charge in [0.15, 0.2) is 0 Å². The van der Waals surface area contributed by atoms with Gasteiger partial charge in [-0.05, 0) is 47.8 Å². The Morgan fingerprint density at radius 3 is 2.15 bits per heavy atom. The second-order valence-electron chi connectivity index (χ2n) is 6.29. The molecule has 2 aromatic carbocycles. The summed E-state index contributed by atoms with van der Waals surface area (Å²) in [6, 6.07) is 13.9. The number of alkyl halides is 3. The first-order valence-electron chi connectivity index (χ1n) is 8.10. The zero-order valence-electron chi connectivity index (χ0n) is 14.4. The first-order chi connectivity index (χ1) is 12.6. The highest BCUT2D eigenvalue weighted by atomic mass is 32.2. The Balaban J connectivity index is 1.98. The lowest BCUT2D eigenvalue weighted by Gasteiger charge is -2.14. The number of hydrogen-bond acceptors (Lipinski definition) is 3. The maximum atomic E-state index is 13.4. The lowest BCUT2D eigenvalue weighted by Crippen LogP contribution is -2.22. The third kappa shape index (κ3) is 4.12. The molecule has 4 nitrogen and oxygen atoms in total. The standard InChI is InChI=1S/C19H17F3N2O2S/c1-12-17(14-5-3-2-4-6-14)16(24-18(12)19(20,21)22)11-13-7-9-15(10-8-13)27(23,25)26/h2-10,16H,11H2,1H3,(H2,23,25,26). The Kier molecular flexibility index (Phi) is 4.96. The van der Waals surface area contributed by atoms with Gasteiger partial charge in [0, 0.05) is 0 Å². The molecule has 1 heterocycles. The predicted octanol–water partition coefficient (Wildman–Crippen LogP) is 3.74. The van der Waals surface area contributed by atoms with Crippen LogP contribution in [0.4, 0.5) is 13.2 Å². The molecule has 27 heavy (non-hydrogen) atoms. The van der Waals surface area contributed by atoms with Crippen LogP contribution in [-0.2, 0) is 16.4 Å². The fraction of sp³-hybridized carbons (Fsp3) is 0.211. The van der Waals surface area contributed by atoms with Crippen molar-refractivity contribution in [3.8, 4) is 0 Å². The number of halogens is 3. The molecule has 1 atom stereocenters. The summed E-state index contributed by atoms with van der Waals surface area (Å²) >= 11 is 0. The van der Waals surface area contributed by atoms with Gasteiger partial charge in [-0.2, -0.15) is 13.2 Å². The minimum Gasteiger partial charge on any atom is -0.272 e. The van der Waals surface area contributed by atoms with Crippen molar-refractivity contribution in [2.75, 3.05) is 0 Å². The highest BCUT2D eigenvalue weighted by molar-refractivity contribution is 7.89. The van der Waals surface area contributed by atoms with Crippen molar-refractivity contribution < 1.29 is 21.6 Å². The summed E-state index contributed by atoms with van der Waals surface area (Å²) in [5, 5.41) is 5.07. The minimum absolute atomic E-state index is 0.0489. The smallest absolute Gasteiger partial charge is 0.272 e. The van der Waals surface area contributed by atoms with Gasteiger partial charge in [0.05, 0.1) is 10.9 Å². The number of aliphatic imine (C=N–C) groups is 1. The molecule has 0 saturated carbocycles. The first-order valence-corrected chi connectivity index (χ1v) is 9.65. The fourth-order valence-electron chi connectivity index (χ4n) is 3.19. The molecule has 0 aromatic heterocycles. The summed E-state index contributed by atoms with van der Waals surface area (Å²) in [5.74, 6) is 0. The predicted molar refractivity (Wildman–Crippen MR) is 97.8 cm³/mol. The Morgan fingerprint density at radius 1 is 1.04 bits per heavy atom. The third-order valence-corrected chi connectivity index (χ3v) is 5.34. The number of nitrogens with two attached hydrogens (primary N) is 1. The van der Waals surface area contributed by atoms with Gasteiger partial charge in [-0.3, -0.25) is 4.99 Å². The van der Waals surface area contributed by atoms with E-state index in [0.717, 1.165) is 0 Å². The number of hydrogen-bond donors (Lipinski definition) is 1. The van der Waals surface area contributed by atoms with Gasteiger partial charge < -0.3 is 0 Å². The molecular formula is C19H17F3N2O2S. The van der Waals surface area contributed by atoms with Crippen LogP contribution in [0.5, 0.6) is 0 Å². The Bertz CT molecular complexity index is 1010. The molecule has 2 aromatic rings. The second kappa shape index (κ2) is 6.94. The van der Waals surface area contributed by atoms with Crippen LogP contribution >= 0.6 is 0 Å². The molecule has 1 unspecified atom stereocenters. The molecule has 142 valence electrons. The number of allylic oxidation sites excluding steroid dienone is 1. The molecule has 0 aliphatic carbocycles. The van der Waals surface area contributed by atoms with Crippen LogP contribution in [0, 0.1) is 0 Å². The van der Waals surface area contributed by atoms with E-state index in [0.29, 0.717) is 16.7 Å². The van der Waals surface area contributed by atoms with Crippen molar-refractivity contribution in [2.45, 2.75) is 30.5 Å². The highest BCUT2D eigenvalue weighted by Crippen LogP contribution is 2.37. The zero-order valence-corrected chi connectivity index (χ0v) is 15.2. The van der Waals surface area contributed by atoms with Crippen LogP contribution in [0.1, 0.15) is 18.1 Å². The Labute approximate surface area is 155 Å². The maximum absolute atomic E-state index is 13.4. The zero-order chi connectivity index (χ0) is 19.8. The van der Waals surface area contributed by atoms with Crippen LogP contribution in [0.2, 0.25) is 0 Å². The van der Waals surface area contributed by atoms with Crippen molar-refractivity contribution in [3.63, 3.8) is 0 Å². The topological polar surface area (TPSA) is 72.5 Å². The maximum Gasteiger partial charge on any atom is 0.433 e. The highest BCUT2D eigenvalue weighted by Gasteiger charge is 2.42. The Hall–Kier alpha value is -2.45. The van der Waals surface area contributed by atoms with E-state index < -0.39 is 28.0 Å². The van der Waals surface area contributed by atoms with Crippen molar-refractivity contribution in [3.05, 3.63) is 71.3 Å². The quantitative estimate of drug-likeness (QED) is 0.858. The van der Waals surface area contributed by atoms with Gasteiger partial charge in [-0.1, -0.05) is 42.5 Å². The molecule has 1 aliphatic heterocycles. The molecule has 8 heteroatoms. The summed E-state index contributed by atoms with van der Waals surface area (Å²) in [4.78, 5) is 3.89. The average Bonchev–Trinajstić information content (AvgIpc) is 2.92. The summed E-state index contributed by atoms with van der Waals surface area (Å²) in [5.41, 5.74) is 1.12. The molecule has 0 fully saturated rings. The molecule has 0 amide bonds. The largest absolute Gasteiger partial charge is 0.433 e. The van der Waals surface area contributed by atoms with E-state index in [-0.39, 0.29) is 16.9 Å². The van der Waals surface area contributed by atoms with E-state index in [1.807, 2.05) is 0 Å². The van der Waals surface area contributed by atoms with Gasteiger partial charge in [-0.25, -0.2) is 13.6 Å². The van der Waals surface area contributed by atoms with Crippen LogP contribution in [0.25, 0.3) is 5.57 Å². The van der Waals surface area contributed by atoms with E-state index in [9.17, 15) is 21.6 Å². The number of rotatable bonds is 4. The molecule has 0 spiro atoms. The number of nitrogens with zero attached hydrogens (tertiary/aromatic N) is 1. The minimum atomic E-state index is -4.53. The lowest BCUT2D eigenvalue weighted by molar-refractivity contribution is -0.0582. The molecular weight excluding hydrogens is 377 g/mol. The normalized spacial score (nSPS) is 18.0. The van der Waals surface area contributed by atoms with Crippen molar-refractivity contribution in [2.24, 2.45) is 10.1 Å². The number of benzene rings is 2. The summed E-state index contributed by atoms with van der Waals surface area (Å²) < 4.78 is 62.7. The van der Waals surface area contributed by atoms with Gasteiger partial charge in [0.25, 0.3) is 0 Å². The van der Waals surface area contributed by atoms with E-state index in [1.54, 1.807) is 42.5 Å². The lowest BCUT2D eigenvalue weighted by atomic mass is 9.91. The monoisotopic (exact) mass is 394 g/mol. The molecule has 0 radical (unpaired) electrons. The summed E-state index contributed by atoms with van der Waals surface area (Å²) in [6.07, 6.45) is -4.32. The molecule has 2 N–H and O–H groups in total. The van der Waals surface area contributed by atoms with Gasteiger partial charge in [-0.15, -0.1) is 0 Å². The summed E-state index contributed by atoms with van der Waals surface area (Å²) in [6.45, 7) is 1.43. The first kappa shape index (κ1) is 19.3. The summed E-state index contributed by atoms with van der Waals surface area (Å²) in [7, 11) is -3.82. The van der Waals surface area contributed by atoms with Crippen molar-refractivity contribution >= 4 is 21.3 Å². The molecule has 3 rings (SSSR count). The second-order valence-corrected chi connectivity index (χ2v) is 7.85. The molecule has 0 bridgehead atoms. The number of sulfonamides is 1. The van der Waals surface area contributed by atoms with Crippen LogP contribution in [-0.4, -0.2) is 26.3 Å². The third-order valence-electron chi connectivity index (χ3n) is 4.41. The molecule has 1 aliphatic rings. The van der Waals surface area contributed by atoms with Gasteiger partial charge >= 0.3 is 6.18 Å². The van der Waals surface area contributed by atoms with E-state index >= 15 is 0 Å². The molecule has 0 saturated heterocycles. The van der Waals surface area contributed by atoms with Crippen LogP contribution in [0.15, 0.2) is 70.1 Å². The average molecular weight is 394 g/mol. The van der Waals surface area contributed by atoms with Crippen molar-refractivity contribution in [1.29, 1.82) is 0 Å². The van der Waals surface area contributed by atoms with Gasteiger partial charge in [0.1, 0.15) is 5.71 Å². The van der Waals surface area contributed by atoms with E-state index in [1.165, 1.54) is 19.1 Å². The van der Waals surface area contributed by atoms with Crippen molar-refractivity contribution in [1.82, 2.24) is 0 Å². The van der Waals surface area contributed by atoms with E-state index in [2.05, 4.69) is 4.99 Å². The Morgan fingerprint density at radius 2 is 1.63 bits per heavy atom. The van der Waals surface area contributed by atoms with Gasteiger partial charge in [0.2, 0.25) is 10.0 Å². The number of primary sulfonamides is 1. The SMILES string of the molecule is CC1=C(c2ccccc2)C(Cc2ccc(S(N)(=O)=O)cc2)N=C1C(F)(F)F. The van der Waals surface area contributed by atoms with E-state index in [4.69, 9.17) is 5.14 Å².